The summed E-state index contributed by atoms with van der Waals surface area (Å²) in [5, 5.41) is 0. The summed E-state index contributed by atoms with van der Waals surface area (Å²) in [4.78, 5) is 8.03. The number of nitrogens with two attached hydrogens (primary N) is 2. The Balaban J connectivity index is 1.86. The Morgan fingerprint density at radius 1 is 1.12 bits per heavy atom. The molecule has 0 aromatic heterocycles. The van der Waals surface area contributed by atoms with Gasteiger partial charge in [-0.2, -0.15) is 0 Å². The molecule has 1 atom stereocenters. The molecule has 0 radical (unpaired) electrons. The second-order valence-corrected chi connectivity index (χ2v) is 6.78. The van der Waals surface area contributed by atoms with Crippen LogP contribution in [0.5, 0.6) is 0 Å². The fraction of sp³-hybridized carbons (Fsp3) is 0.316. The summed E-state index contributed by atoms with van der Waals surface area (Å²) in [6.07, 6.45) is 1.60. The van der Waals surface area contributed by atoms with Gasteiger partial charge < -0.3 is 21.3 Å². The number of nitrogens with zero attached hydrogens (tertiary/aromatic N) is 3. The molecule has 2 aromatic carbocycles. The van der Waals surface area contributed by atoms with Crippen LogP contribution in [0, 0.1) is 11.6 Å². The molecule has 0 amide bonds. The van der Waals surface area contributed by atoms with Crippen LogP contribution in [0.3, 0.4) is 0 Å². The van der Waals surface area contributed by atoms with Crippen LogP contribution in [-0.2, 0) is 0 Å². The molecule has 4 rings (SSSR count). The number of hydrogen-bond acceptors (Lipinski definition) is 5. The summed E-state index contributed by atoms with van der Waals surface area (Å²) in [6.45, 7) is 1.53. The average molecular weight is 357 g/mol. The molecule has 2 aromatic rings. The third-order valence-electron chi connectivity index (χ3n) is 5.12. The standard InChI is InChI=1S/C19H21F2N5/c1-25-18(22)13-5-4-11(8-16(13)24-19(25)23)14-9-12(20)10-15(21)17(14)26-6-2-3-7-26/h4-5,8-10,18H,2-3,6-7,22H2,1H3,(H2,23,24). The van der Waals surface area contributed by atoms with Gasteiger partial charge in [0, 0.05) is 37.3 Å². The lowest BCUT2D eigenvalue weighted by atomic mass is 9.98. The highest BCUT2D eigenvalue weighted by Crippen LogP contribution is 2.40. The molecular formula is C19H21F2N5. The molecule has 0 saturated carbocycles. The lowest BCUT2D eigenvalue weighted by molar-refractivity contribution is 0.375. The molecule has 1 unspecified atom stereocenters. The molecule has 2 aliphatic heterocycles. The minimum Gasteiger partial charge on any atom is -0.369 e. The van der Waals surface area contributed by atoms with E-state index < -0.39 is 17.8 Å². The minimum atomic E-state index is -0.599. The fourth-order valence-corrected chi connectivity index (χ4v) is 3.66. The lowest BCUT2D eigenvalue weighted by Gasteiger charge is -2.31. The van der Waals surface area contributed by atoms with Gasteiger partial charge in [-0.3, -0.25) is 0 Å². The smallest absolute Gasteiger partial charge is 0.197 e. The van der Waals surface area contributed by atoms with E-state index in [0.717, 1.165) is 37.6 Å². The summed E-state index contributed by atoms with van der Waals surface area (Å²) in [5.41, 5.74) is 15.2. The number of rotatable bonds is 2. The van der Waals surface area contributed by atoms with Crippen molar-refractivity contribution in [3.63, 3.8) is 0 Å². The number of hydrogen-bond donors (Lipinski definition) is 2. The number of benzene rings is 2. The van der Waals surface area contributed by atoms with Crippen molar-refractivity contribution in [3.8, 4) is 11.1 Å². The first kappa shape index (κ1) is 16.8. The Labute approximate surface area is 150 Å². The average Bonchev–Trinajstić information content (AvgIpc) is 3.12. The number of aliphatic imine (C=N–C) groups is 1. The summed E-state index contributed by atoms with van der Waals surface area (Å²) in [7, 11) is 1.77. The number of halogens is 2. The van der Waals surface area contributed by atoms with Crippen LogP contribution in [0.15, 0.2) is 35.3 Å². The molecule has 136 valence electrons. The normalized spacial score (nSPS) is 19.5. The van der Waals surface area contributed by atoms with Crippen LogP contribution in [0.25, 0.3) is 11.1 Å². The molecule has 7 heteroatoms. The first-order chi connectivity index (χ1) is 12.5. The van der Waals surface area contributed by atoms with E-state index in [4.69, 9.17) is 11.5 Å². The summed E-state index contributed by atoms with van der Waals surface area (Å²) >= 11 is 0. The molecular weight excluding hydrogens is 336 g/mol. The molecule has 1 fully saturated rings. The van der Waals surface area contributed by atoms with Crippen LogP contribution in [0.4, 0.5) is 20.2 Å². The lowest BCUT2D eigenvalue weighted by Crippen LogP contribution is -2.42. The molecule has 0 aliphatic carbocycles. The Morgan fingerprint density at radius 2 is 1.85 bits per heavy atom. The van der Waals surface area contributed by atoms with Crippen LogP contribution in [-0.4, -0.2) is 31.0 Å². The minimum absolute atomic E-state index is 0.312. The molecule has 26 heavy (non-hydrogen) atoms. The van der Waals surface area contributed by atoms with Crippen molar-refractivity contribution in [1.82, 2.24) is 4.90 Å². The zero-order valence-corrected chi connectivity index (χ0v) is 14.5. The molecule has 4 N–H and O–H groups in total. The van der Waals surface area contributed by atoms with Crippen molar-refractivity contribution >= 4 is 17.3 Å². The highest BCUT2D eigenvalue weighted by Gasteiger charge is 2.25. The van der Waals surface area contributed by atoms with Crippen molar-refractivity contribution in [1.29, 1.82) is 0 Å². The van der Waals surface area contributed by atoms with Crippen molar-refractivity contribution in [3.05, 3.63) is 47.5 Å². The maximum Gasteiger partial charge on any atom is 0.197 e. The van der Waals surface area contributed by atoms with E-state index in [1.54, 1.807) is 18.0 Å². The van der Waals surface area contributed by atoms with E-state index in [-0.39, 0.29) is 0 Å². The van der Waals surface area contributed by atoms with Gasteiger partial charge in [0.25, 0.3) is 0 Å². The predicted molar refractivity (Wildman–Crippen MR) is 99.2 cm³/mol. The predicted octanol–water partition coefficient (Wildman–Crippen LogP) is 3.08. The Hall–Kier alpha value is -2.67. The van der Waals surface area contributed by atoms with Gasteiger partial charge in [0.2, 0.25) is 0 Å². The van der Waals surface area contributed by atoms with E-state index in [1.807, 2.05) is 17.0 Å². The fourth-order valence-electron chi connectivity index (χ4n) is 3.66. The zero-order valence-electron chi connectivity index (χ0n) is 14.5. The Kier molecular flexibility index (Phi) is 4.03. The molecule has 1 saturated heterocycles. The SMILES string of the molecule is CN1C(N)=Nc2cc(-c3cc(F)cc(F)c3N3CCCC3)ccc2C1N. The maximum absolute atomic E-state index is 14.6. The largest absolute Gasteiger partial charge is 0.369 e. The van der Waals surface area contributed by atoms with E-state index in [2.05, 4.69) is 4.99 Å². The van der Waals surface area contributed by atoms with Crippen LogP contribution >= 0.6 is 0 Å². The topological polar surface area (TPSA) is 70.9 Å². The van der Waals surface area contributed by atoms with Gasteiger partial charge in [0.1, 0.15) is 17.8 Å². The molecule has 5 nitrogen and oxygen atoms in total. The Bertz CT molecular complexity index is 890. The highest BCUT2D eigenvalue weighted by molar-refractivity contribution is 5.87. The van der Waals surface area contributed by atoms with Crippen LogP contribution in [0.2, 0.25) is 0 Å². The van der Waals surface area contributed by atoms with Gasteiger partial charge in [-0.15, -0.1) is 0 Å². The second kappa shape index (κ2) is 6.25. The van der Waals surface area contributed by atoms with Crippen molar-refractivity contribution in [2.45, 2.75) is 19.0 Å². The molecule has 0 spiro atoms. The van der Waals surface area contributed by atoms with Crippen LogP contribution in [0.1, 0.15) is 24.6 Å². The monoisotopic (exact) mass is 357 g/mol. The van der Waals surface area contributed by atoms with Gasteiger partial charge in [0.05, 0.1) is 11.4 Å². The van der Waals surface area contributed by atoms with E-state index in [1.165, 1.54) is 6.07 Å². The zero-order chi connectivity index (χ0) is 18.4. The second-order valence-electron chi connectivity index (χ2n) is 6.78. The Morgan fingerprint density at radius 3 is 2.58 bits per heavy atom. The third kappa shape index (κ3) is 2.68. The van der Waals surface area contributed by atoms with Crippen molar-refractivity contribution < 1.29 is 8.78 Å². The quantitative estimate of drug-likeness (QED) is 0.867. The number of fused-ring (bicyclic) bond motifs is 1. The van der Waals surface area contributed by atoms with Crippen LogP contribution < -0.4 is 16.4 Å². The molecule has 0 bridgehead atoms. The first-order valence-corrected chi connectivity index (χ1v) is 8.66. The maximum atomic E-state index is 14.6. The van der Waals surface area contributed by atoms with Gasteiger partial charge in [-0.1, -0.05) is 12.1 Å². The van der Waals surface area contributed by atoms with Gasteiger partial charge in [0.15, 0.2) is 5.96 Å². The van der Waals surface area contributed by atoms with Crippen molar-refractivity contribution in [2.75, 3.05) is 25.0 Å². The number of anilines is 1. The van der Waals surface area contributed by atoms with E-state index in [9.17, 15) is 8.78 Å². The summed E-state index contributed by atoms with van der Waals surface area (Å²) in [6, 6.07) is 7.79. The van der Waals surface area contributed by atoms with Gasteiger partial charge >= 0.3 is 0 Å². The summed E-state index contributed by atoms with van der Waals surface area (Å²) < 4.78 is 28.6. The van der Waals surface area contributed by atoms with E-state index >= 15 is 0 Å². The van der Waals surface area contributed by atoms with Crippen molar-refractivity contribution in [2.24, 2.45) is 16.5 Å². The first-order valence-electron chi connectivity index (χ1n) is 8.66. The third-order valence-corrected chi connectivity index (χ3v) is 5.12. The van der Waals surface area contributed by atoms with Gasteiger partial charge in [-0.25, -0.2) is 13.8 Å². The number of guanidine groups is 1. The van der Waals surface area contributed by atoms with Gasteiger partial charge in [-0.05, 0) is 30.5 Å². The van der Waals surface area contributed by atoms with E-state index in [0.29, 0.717) is 28.5 Å². The molecule has 2 aliphatic rings. The summed E-state index contributed by atoms with van der Waals surface area (Å²) in [5.74, 6) is -0.830. The highest BCUT2D eigenvalue weighted by atomic mass is 19.1. The molecule has 2 heterocycles.